The van der Waals surface area contributed by atoms with Gasteiger partial charge >= 0.3 is 0 Å². The van der Waals surface area contributed by atoms with Crippen LogP contribution < -0.4 is 0 Å². The van der Waals surface area contributed by atoms with Crippen LogP contribution in [0.15, 0.2) is 22.8 Å². The second kappa shape index (κ2) is 2.97. The van der Waals surface area contributed by atoms with Crippen molar-refractivity contribution in [1.29, 1.82) is 0 Å². The first kappa shape index (κ1) is 12.1. The van der Waals surface area contributed by atoms with Crippen LogP contribution in [0.4, 0.5) is 0 Å². The molecule has 0 saturated heterocycles. The zero-order valence-electron chi connectivity index (χ0n) is 11.4. The van der Waals surface area contributed by atoms with Gasteiger partial charge in [-0.3, -0.25) is 4.79 Å². The molecule has 3 rings (SSSR count). The minimum absolute atomic E-state index is 0.0795. The molecule has 0 aliphatic heterocycles. The number of carbonyl (C=O) groups is 1. The lowest BCUT2D eigenvalue weighted by molar-refractivity contribution is -0.121. The fourth-order valence-electron chi connectivity index (χ4n) is 3.77. The number of fused-ring (bicyclic) bond motifs is 1. The molecular weight excluding hydrogens is 228 g/mol. The maximum Gasteiger partial charge on any atom is 0.172 e. The van der Waals surface area contributed by atoms with Crippen molar-refractivity contribution >= 4 is 5.78 Å². The maximum atomic E-state index is 12.4. The van der Waals surface area contributed by atoms with Crippen LogP contribution in [-0.2, 0) is 4.79 Å². The van der Waals surface area contributed by atoms with E-state index < -0.39 is 17.1 Å². The molecule has 18 heavy (non-hydrogen) atoms. The molecule has 1 fully saturated rings. The van der Waals surface area contributed by atoms with Gasteiger partial charge in [0, 0.05) is 16.4 Å². The molecule has 3 aliphatic rings. The minimum atomic E-state index is -1.16. The Balaban J connectivity index is 2.28. The molecule has 0 radical (unpaired) electrons. The number of hydrogen-bond donors (Lipinski definition) is 2. The van der Waals surface area contributed by atoms with Crippen LogP contribution in [-0.4, -0.2) is 27.7 Å². The molecule has 98 valence electrons. The Kier molecular flexibility index (Phi) is 2.00. The van der Waals surface area contributed by atoms with Gasteiger partial charge in [0.15, 0.2) is 5.78 Å². The van der Waals surface area contributed by atoms with Crippen molar-refractivity contribution in [2.75, 3.05) is 0 Å². The van der Waals surface area contributed by atoms with E-state index in [-0.39, 0.29) is 11.2 Å². The summed E-state index contributed by atoms with van der Waals surface area (Å²) in [5.41, 5.74) is 0.173. The Hall–Kier alpha value is -0.930. The standard InChI is InChI=1S/C15H20O3/c1-8-10-9(7-13(2,3)12(10)17)11(16)14(4,18)15(8)5-6-15/h7,11,16,18H,5-6H2,1-4H3/t11?,14-/m0/s1. The molecule has 3 heteroatoms. The number of ketones is 1. The fourth-order valence-corrected chi connectivity index (χ4v) is 3.77. The van der Waals surface area contributed by atoms with Gasteiger partial charge in [0.25, 0.3) is 0 Å². The van der Waals surface area contributed by atoms with Gasteiger partial charge in [0.05, 0.1) is 0 Å². The molecule has 2 N–H and O–H groups in total. The molecule has 0 aromatic carbocycles. The Morgan fingerprint density at radius 1 is 1.28 bits per heavy atom. The summed E-state index contributed by atoms with van der Waals surface area (Å²) >= 11 is 0. The lowest BCUT2D eigenvalue weighted by atomic mass is 9.67. The number of carbonyl (C=O) groups excluding carboxylic acids is 1. The van der Waals surface area contributed by atoms with Gasteiger partial charge in [-0.05, 0) is 46.1 Å². The number of allylic oxidation sites excluding steroid dienone is 1. The third kappa shape index (κ3) is 1.10. The fraction of sp³-hybridized carbons (Fsp3) is 0.667. The Labute approximate surface area is 107 Å². The van der Waals surface area contributed by atoms with Crippen molar-refractivity contribution < 1.29 is 15.0 Å². The van der Waals surface area contributed by atoms with Gasteiger partial charge in [0.1, 0.15) is 11.7 Å². The zero-order valence-corrected chi connectivity index (χ0v) is 11.4. The Bertz CT molecular complexity index is 516. The topological polar surface area (TPSA) is 57.5 Å². The van der Waals surface area contributed by atoms with E-state index in [1.165, 1.54) is 0 Å². The van der Waals surface area contributed by atoms with Gasteiger partial charge in [-0.15, -0.1) is 0 Å². The van der Waals surface area contributed by atoms with Gasteiger partial charge < -0.3 is 10.2 Å². The minimum Gasteiger partial charge on any atom is -0.386 e. The zero-order chi connectivity index (χ0) is 13.5. The van der Waals surface area contributed by atoms with Crippen LogP contribution in [0.3, 0.4) is 0 Å². The highest BCUT2D eigenvalue weighted by atomic mass is 16.3. The second-order valence-corrected chi connectivity index (χ2v) is 6.78. The normalized spacial score (nSPS) is 40.0. The summed E-state index contributed by atoms with van der Waals surface area (Å²) in [5.74, 6) is 0.0795. The van der Waals surface area contributed by atoms with Crippen molar-refractivity contribution in [2.24, 2.45) is 10.8 Å². The highest BCUT2D eigenvalue weighted by Crippen LogP contribution is 2.66. The molecule has 3 aliphatic carbocycles. The van der Waals surface area contributed by atoms with E-state index >= 15 is 0 Å². The number of rotatable bonds is 0. The monoisotopic (exact) mass is 248 g/mol. The van der Waals surface area contributed by atoms with E-state index in [2.05, 4.69) is 0 Å². The van der Waals surface area contributed by atoms with Gasteiger partial charge in [-0.1, -0.05) is 11.6 Å². The SMILES string of the molecule is CC1=C2C(=O)C(C)(C)C=C2C(O)[C@](C)(O)C12CC2. The Morgan fingerprint density at radius 3 is 2.33 bits per heavy atom. The molecule has 3 nitrogen and oxygen atoms in total. The van der Waals surface area contributed by atoms with Crippen LogP contribution in [0.25, 0.3) is 0 Å². The van der Waals surface area contributed by atoms with Crippen LogP contribution in [0.1, 0.15) is 40.5 Å². The molecule has 2 atom stereocenters. The van der Waals surface area contributed by atoms with Crippen molar-refractivity contribution in [3.05, 3.63) is 22.8 Å². The summed E-state index contributed by atoms with van der Waals surface area (Å²) in [4.78, 5) is 12.4. The third-order valence-electron chi connectivity index (χ3n) is 5.26. The average Bonchev–Trinajstić information content (AvgIpc) is 3.02. The van der Waals surface area contributed by atoms with Gasteiger partial charge in [0.2, 0.25) is 0 Å². The first-order valence-electron chi connectivity index (χ1n) is 6.55. The predicted octanol–water partition coefficient (Wildman–Crippen LogP) is 1.74. The quantitative estimate of drug-likeness (QED) is 0.686. The largest absolute Gasteiger partial charge is 0.386 e. The highest BCUT2D eigenvalue weighted by molar-refractivity contribution is 6.09. The summed E-state index contributed by atoms with van der Waals surface area (Å²) in [7, 11) is 0. The van der Waals surface area contributed by atoms with E-state index in [1.807, 2.05) is 26.8 Å². The molecule has 1 spiro atoms. The van der Waals surface area contributed by atoms with E-state index in [0.29, 0.717) is 11.1 Å². The lowest BCUT2D eigenvalue weighted by Crippen LogP contribution is -2.52. The van der Waals surface area contributed by atoms with Crippen molar-refractivity contribution in [1.82, 2.24) is 0 Å². The van der Waals surface area contributed by atoms with Crippen molar-refractivity contribution in [2.45, 2.75) is 52.2 Å². The summed E-state index contributed by atoms with van der Waals surface area (Å²) in [5, 5.41) is 21.1. The van der Waals surface area contributed by atoms with E-state index in [0.717, 1.165) is 18.4 Å². The third-order valence-corrected chi connectivity index (χ3v) is 5.26. The maximum absolute atomic E-state index is 12.4. The Morgan fingerprint density at radius 2 is 1.83 bits per heavy atom. The van der Waals surface area contributed by atoms with Gasteiger partial charge in [-0.25, -0.2) is 0 Å². The van der Waals surface area contributed by atoms with Crippen LogP contribution in [0.5, 0.6) is 0 Å². The van der Waals surface area contributed by atoms with Gasteiger partial charge in [-0.2, -0.15) is 0 Å². The molecule has 0 aromatic rings. The lowest BCUT2D eigenvalue weighted by Gasteiger charge is -2.43. The van der Waals surface area contributed by atoms with E-state index in [9.17, 15) is 15.0 Å². The predicted molar refractivity (Wildman–Crippen MR) is 67.9 cm³/mol. The van der Waals surface area contributed by atoms with Crippen molar-refractivity contribution in [3.8, 4) is 0 Å². The van der Waals surface area contributed by atoms with Crippen LogP contribution in [0, 0.1) is 10.8 Å². The van der Waals surface area contributed by atoms with E-state index in [1.54, 1.807) is 6.92 Å². The number of aliphatic hydroxyl groups excluding tert-OH is 1. The number of aliphatic hydroxyl groups is 2. The van der Waals surface area contributed by atoms with Crippen LogP contribution >= 0.6 is 0 Å². The summed E-state index contributed by atoms with van der Waals surface area (Å²) in [6, 6.07) is 0. The highest BCUT2D eigenvalue weighted by Gasteiger charge is 2.66. The second-order valence-electron chi connectivity index (χ2n) is 6.78. The number of Topliss-reactive ketones (excluding diaryl/α,β-unsaturated/α-hetero) is 1. The molecule has 1 saturated carbocycles. The average molecular weight is 248 g/mol. The molecule has 0 amide bonds. The summed E-state index contributed by atoms with van der Waals surface area (Å²) in [6.45, 7) is 7.36. The van der Waals surface area contributed by atoms with E-state index in [4.69, 9.17) is 0 Å². The van der Waals surface area contributed by atoms with Crippen LogP contribution in [0.2, 0.25) is 0 Å². The van der Waals surface area contributed by atoms with Crippen molar-refractivity contribution in [3.63, 3.8) is 0 Å². The summed E-state index contributed by atoms with van der Waals surface area (Å²) in [6.07, 6.45) is 2.58. The first-order valence-corrected chi connectivity index (χ1v) is 6.55. The number of hydrogen-bond acceptors (Lipinski definition) is 3. The molecular formula is C15H20O3. The molecule has 0 heterocycles. The molecule has 0 aromatic heterocycles. The summed E-state index contributed by atoms with van der Waals surface area (Å²) < 4.78 is 0. The first-order chi connectivity index (χ1) is 8.15. The molecule has 1 unspecified atom stereocenters. The molecule has 0 bridgehead atoms. The smallest absolute Gasteiger partial charge is 0.172 e.